The van der Waals surface area contributed by atoms with Gasteiger partial charge in [-0.15, -0.1) is 0 Å². The monoisotopic (exact) mass is 436 g/mol. The fourth-order valence-electron chi connectivity index (χ4n) is 3.34. The average Bonchev–Trinajstić information content (AvgIpc) is 3.26. The van der Waals surface area contributed by atoms with Crippen molar-refractivity contribution in [2.75, 3.05) is 10.6 Å². The van der Waals surface area contributed by atoms with Crippen LogP contribution in [0.4, 0.5) is 35.0 Å². The van der Waals surface area contributed by atoms with Crippen LogP contribution in [-0.2, 0) is 12.7 Å². The lowest BCUT2D eigenvalue weighted by molar-refractivity contribution is -0.137. The molecule has 1 fully saturated rings. The van der Waals surface area contributed by atoms with Crippen LogP contribution in [0.3, 0.4) is 0 Å². The van der Waals surface area contributed by atoms with Gasteiger partial charge in [-0.25, -0.2) is 14.4 Å². The third-order valence-corrected chi connectivity index (χ3v) is 5.09. The molecule has 1 saturated carbocycles. The number of aromatic nitrogens is 4. The summed E-state index contributed by atoms with van der Waals surface area (Å²) in [4.78, 5) is 12.1. The Morgan fingerprint density at radius 2 is 1.84 bits per heavy atom. The lowest BCUT2D eigenvalue weighted by Gasteiger charge is -2.19. The number of fused-ring (bicyclic) bond motifs is 1. The first kappa shape index (κ1) is 21.3. The Hall–Kier alpha value is -2.91. The van der Waals surface area contributed by atoms with E-state index in [0.717, 1.165) is 25.2 Å². The molecular weight excluding hydrogens is 412 g/mol. The van der Waals surface area contributed by atoms with E-state index >= 15 is 0 Å². The second-order valence-corrected chi connectivity index (χ2v) is 9.52. The average molecular weight is 436 g/mol. The summed E-state index contributed by atoms with van der Waals surface area (Å²) in [6, 6.07) is 1.33. The summed E-state index contributed by atoms with van der Waals surface area (Å²) in [6.07, 6.45) is 0.597. The Morgan fingerprint density at radius 1 is 1.13 bits per heavy atom. The highest BCUT2D eigenvalue weighted by atomic mass is 19.4. The fourth-order valence-corrected chi connectivity index (χ4v) is 3.34. The largest absolute Gasteiger partial charge is 0.421 e. The zero-order valence-corrected chi connectivity index (χ0v) is 17.7. The molecule has 0 saturated heterocycles. The molecule has 0 spiro atoms. The van der Waals surface area contributed by atoms with Crippen molar-refractivity contribution in [3.05, 3.63) is 36.0 Å². The maximum absolute atomic E-state index is 13.9. The molecule has 3 aromatic heterocycles. The minimum atomic E-state index is -4.58. The zero-order valence-electron chi connectivity index (χ0n) is 17.7. The van der Waals surface area contributed by atoms with E-state index in [-0.39, 0.29) is 17.2 Å². The predicted octanol–water partition coefficient (Wildman–Crippen LogP) is 5.74. The summed E-state index contributed by atoms with van der Waals surface area (Å²) in [5, 5.41) is 6.33. The van der Waals surface area contributed by atoms with Crippen molar-refractivity contribution in [1.82, 2.24) is 19.5 Å². The summed E-state index contributed by atoms with van der Waals surface area (Å²) in [7, 11) is 0. The number of pyridine rings is 1. The minimum absolute atomic E-state index is 0.0150. The van der Waals surface area contributed by atoms with E-state index in [9.17, 15) is 17.6 Å². The van der Waals surface area contributed by atoms with Crippen LogP contribution in [0.5, 0.6) is 0 Å². The van der Waals surface area contributed by atoms with Gasteiger partial charge in [0, 0.05) is 29.9 Å². The molecule has 10 heteroatoms. The lowest BCUT2D eigenvalue weighted by Crippen LogP contribution is -2.21. The smallest absolute Gasteiger partial charge is 0.364 e. The zero-order chi connectivity index (χ0) is 22.6. The first-order valence-corrected chi connectivity index (χ1v) is 9.97. The fraction of sp³-hybridized carbons (Fsp3) is 0.476. The number of nitrogens with one attached hydrogen (secondary N) is 2. The molecule has 0 aliphatic heterocycles. The summed E-state index contributed by atoms with van der Waals surface area (Å²) < 4.78 is 56.0. The normalized spacial score (nSPS) is 15.9. The highest BCUT2D eigenvalue weighted by Crippen LogP contribution is 2.42. The van der Waals surface area contributed by atoms with Gasteiger partial charge in [0.1, 0.15) is 22.8 Å². The molecule has 0 bridgehead atoms. The highest BCUT2D eigenvalue weighted by Gasteiger charge is 2.42. The Labute approximate surface area is 177 Å². The van der Waals surface area contributed by atoms with Crippen molar-refractivity contribution in [3.63, 3.8) is 0 Å². The van der Waals surface area contributed by atoms with Crippen molar-refractivity contribution in [1.29, 1.82) is 0 Å². The third kappa shape index (κ3) is 4.72. The maximum Gasteiger partial charge on any atom is 0.421 e. The van der Waals surface area contributed by atoms with Gasteiger partial charge in [-0.1, -0.05) is 20.8 Å². The molecule has 31 heavy (non-hydrogen) atoms. The number of rotatable bonds is 5. The van der Waals surface area contributed by atoms with Gasteiger partial charge in [-0.2, -0.15) is 18.2 Å². The molecule has 0 amide bonds. The molecule has 0 unspecified atom stereocenters. The van der Waals surface area contributed by atoms with Crippen LogP contribution in [0.15, 0.2) is 24.7 Å². The second-order valence-electron chi connectivity index (χ2n) is 9.52. The van der Waals surface area contributed by atoms with Crippen molar-refractivity contribution in [2.24, 2.45) is 5.41 Å². The van der Waals surface area contributed by atoms with E-state index in [0.29, 0.717) is 23.3 Å². The van der Waals surface area contributed by atoms with Gasteiger partial charge in [0.15, 0.2) is 0 Å². The van der Waals surface area contributed by atoms with Crippen LogP contribution in [0.2, 0.25) is 0 Å². The van der Waals surface area contributed by atoms with E-state index in [1.807, 2.05) is 11.5 Å². The van der Waals surface area contributed by atoms with E-state index in [1.165, 1.54) is 6.07 Å². The predicted molar refractivity (Wildman–Crippen MR) is 111 cm³/mol. The van der Waals surface area contributed by atoms with Crippen LogP contribution in [0, 0.1) is 11.2 Å². The van der Waals surface area contributed by atoms with Gasteiger partial charge < -0.3 is 15.2 Å². The van der Waals surface area contributed by atoms with Gasteiger partial charge in [0.25, 0.3) is 0 Å². The van der Waals surface area contributed by atoms with Crippen LogP contribution in [0.25, 0.3) is 11.0 Å². The van der Waals surface area contributed by atoms with Crippen molar-refractivity contribution in [2.45, 2.75) is 58.8 Å². The Balaban J connectivity index is 1.73. The number of hydrogen-bond acceptors (Lipinski definition) is 5. The van der Waals surface area contributed by atoms with Gasteiger partial charge in [0.05, 0.1) is 11.9 Å². The molecule has 4 rings (SSSR count). The summed E-state index contributed by atoms with van der Waals surface area (Å²) in [5.41, 5.74) is -0.360. The highest BCUT2D eigenvalue weighted by molar-refractivity contribution is 5.92. The summed E-state index contributed by atoms with van der Waals surface area (Å²) in [6.45, 7) is 8.64. The lowest BCUT2D eigenvalue weighted by atomic mass is 9.97. The van der Waals surface area contributed by atoms with Crippen molar-refractivity contribution >= 4 is 28.5 Å². The first-order chi connectivity index (χ1) is 14.3. The number of nitrogens with zero attached hydrogens (tertiary/aromatic N) is 4. The van der Waals surface area contributed by atoms with E-state index in [2.05, 4.69) is 46.4 Å². The topological polar surface area (TPSA) is 67.7 Å². The molecule has 1 aliphatic rings. The van der Waals surface area contributed by atoms with Crippen molar-refractivity contribution in [3.8, 4) is 0 Å². The quantitative estimate of drug-likeness (QED) is 0.500. The number of hydrogen-bond donors (Lipinski definition) is 2. The van der Waals surface area contributed by atoms with Gasteiger partial charge in [0.2, 0.25) is 5.95 Å². The Bertz CT molecular complexity index is 1130. The van der Waals surface area contributed by atoms with Gasteiger partial charge in [-0.05, 0) is 31.2 Å². The van der Waals surface area contributed by atoms with E-state index in [4.69, 9.17) is 0 Å². The molecule has 0 aromatic carbocycles. The SMILES string of the molecule is CC(C)(C)Cn1cc(Nc2ncc(C(F)(F)F)c(NC3(C)CC3)n2)c2cc(F)cnc21. The van der Waals surface area contributed by atoms with Crippen LogP contribution < -0.4 is 10.6 Å². The molecule has 0 atom stereocenters. The number of anilines is 3. The summed E-state index contributed by atoms with van der Waals surface area (Å²) >= 11 is 0. The van der Waals surface area contributed by atoms with Crippen LogP contribution in [0.1, 0.15) is 46.1 Å². The molecule has 1 aliphatic carbocycles. The molecule has 2 N–H and O–H groups in total. The molecule has 0 radical (unpaired) electrons. The molecule has 3 heterocycles. The maximum atomic E-state index is 13.9. The van der Waals surface area contributed by atoms with Gasteiger partial charge in [-0.3, -0.25) is 0 Å². The van der Waals surface area contributed by atoms with Crippen molar-refractivity contribution < 1.29 is 17.6 Å². The van der Waals surface area contributed by atoms with E-state index in [1.54, 1.807) is 6.20 Å². The molecule has 166 valence electrons. The Kier molecular flexibility index (Phi) is 4.86. The summed E-state index contributed by atoms with van der Waals surface area (Å²) in [5.74, 6) is -0.798. The number of halogens is 4. The van der Waals surface area contributed by atoms with Gasteiger partial charge >= 0.3 is 6.18 Å². The second kappa shape index (κ2) is 7.06. The van der Waals surface area contributed by atoms with E-state index < -0.39 is 23.1 Å². The molecule has 6 nitrogen and oxygen atoms in total. The molecular formula is C21H24F4N6. The number of alkyl halides is 3. The standard InChI is InChI=1S/C21H24F4N6/c1-19(2,3)11-31-10-15(13-7-12(22)8-26-17(13)31)28-18-27-9-14(21(23,24)25)16(29-18)30-20(4)5-6-20/h7-10H,5-6,11H2,1-4H3,(H2,27,28,29,30). The van der Waals surface area contributed by atoms with Crippen LogP contribution in [-0.4, -0.2) is 25.1 Å². The van der Waals surface area contributed by atoms with Crippen LogP contribution >= 0.6 is 0 Å². The first-order valence-electron chi connectivity index (χ1n) is 9.97. The molecule has 3 aromatic rings. The Morgan fingerprint density at radius 3 is 2.45 bits per heavy atom. The minimum Gasteiger partial charge on any atom is -0.364 e. The third-order valence-electron chi connectivity index (χ3n) is 5.09.